The molecule has 0 radical (unpaired) electrons. The molecule has 1 unspecified atom stereocenters. The third-order valence-electron chi connectivity index (χ3n) is 3.69. The van der Waals surface area contributed by atoms with Crippen LogP contribution in [0.2, 0.25) is 0 Å². The van der Waals surface area contributed by atoms with Crippen LogP contribution in [0.15, 0.2) is 23.1 Å². The van der Waals surface area contributed by atoms with Crippen LogP contribution >= 0.6 is 11.8 Å². The van der Waals surface area contributed by atoms with Gasteiger partial charge in [0.2, 0.25) is 5.91 Å². The smallest absolute Gasteiger partial charge is 0.220 e. The fourth-order valence-electron chi connectivity index (χ4n) is 2.36. The van der Waals surface area contributed by atoms with Gasteiger partial charge in [-0.15, -0.1) is 11.8 Å². The van der Waals surface area contributed by atoms with Gasteiger partial charge in [-0.05, 0) is 55.9 Å². The number of rotatable bonds is 8. The molecule has 0 saturated carbocycles. The second-order valence-electron chi connectivity index (χ2n) is 6.84. The number of aliphatic hydroxyl groups excluding tert-OH is 1. The number of nitrogens with one attached hydrogen (secondary N) is 1. The van der Waals surface area contributed by atoms with Gasteiger partial charge in [0.25, 0.3) is 0 Å². The van der Waals surface area contributed by atoms with Crippen molar-refractivity contribution < 1.29 is 9.90 Å². The summed E-state index contributed by atoms with van der Waals surface area (Å²) in [6.07, 6.45) is 0.861. The molecule has 4 heteroatoms. The van der Waals surface area contributed by atoms with Crippen molar-refractivity contribution in [3.8, 4) is 0 Å². The molecule has 2 N–H and O–H groups in total. The van der Waals surface area contributed by atoms with Crippen LogP contribution in [0.4, 0.5) is 0 Å². The minimum atomic E-state index is -0.341. The lowest BCUT2D eigenvalue weighted by atomic mass is 9.87. The maximum atomic E-state index is 11.9. The molecule has 0 aliphatic heterocycles. The molecule has 3 nitrogen and oxygen atoms in total. The topological polar surface area (TPSA) is 49.3 Å². The Morgan fingerprint density at radius 1 is 1.32 bits per heavy atom. The summed E-state index contributed by atoms with van der Waals surface area (Å²) in [5, 5.41) is 12.4. The van der Waals surface area contributed by atoms with Crippen molar-refractivity contribution in [1.29, 1.82) is 0 Å². The number of thioether (sulfide) groups is 1. The van der Waals surface area contributed by atoms with Crippen LogP contribution in [0.25, 0.3) is 0 Å². The Hall–Kier alpha value is -1.00. The Morgan fingerprint density at radius 2 is 2.00 bits per heavy atom. The second kappa shape index (κ2) is 8.59. The van der Waals surface area contributed by atoms with Gasteiger partial charge in [-0.1, -0.05) is 19.9 Å². The largest absolute Gasteiger partial charge is 0.393 e. The molecule has 0 saturated heterocycles. The van der Waals surface area contributed by atoms with Gasteiger partial charge in [-0.2, -0.15) is 0 Å². The molecule has 1 atom stereocenters. The van der Waals surface area contributed by atoms with E-state index in [1.807, 2.05) is 0 Å². The molecule has 0 heterocycles. The van der Waals surface area contributed by atoms with Gasteiger partial charge in [-0.25, -0.2) is 0 Å². The highest BCUT2D eigenvalue weighted by atomic mass is 32.2. The molecule has 1 aromatic carbocycles. The SMILES string of the molecule is Cc1ccc(SCCC(=O)NCC(C)(C)CC(C)O)cc1C. The Balaban J connectivity index is 2.30. The summed E-state index contributed by atoms with van der Waals surface area (Å²) < 4.78 is 0. The Labute approximate surface area is 138 Å². The Kier molecular flexibility index (Phi) is 7.43. The maximum absolute atomic E-state index is 11.9. The van der Waals surface area contributed by atoms with E-state index in [0.717, 1.165) is 5.75 Å². The van der Waals surface area contributed by atoms with E-state index < -0.39 is 0 Å². The zero-order valence-electron chi connectivity index (χ0n) is 14.4. The molecule has 0 aliphatic rings. The normalized spacial score (nSPS) is 13.0. The van der Waals surface area contributed by atoms with Gasteiger partial charge >= 0.3 is 0 Å². The first-order chi connectivity index (χ1) is 10.2. The summed E-state index contributed by atoms with van der Waals surface area (Å²) >= 11 is 1.71. The van der Waals surface area contributed by atoms with E-state index in [9.17, 15) is 9.90 Å². The maximum Gasteiger partial charge on any atom is 0.220 e. The number of amides is 1. The van der Waals surface area contributed by atoms with Crippen molar-refractivity contribution in [2.75, 3.05) is 12.3 Å². The third kappa shape index (κ3) is 7.32. The lowest BCUT2D eigenvalue weighted by molar-refractivity contribution is -0.121. The molecule has 124 valence electrons. The van der Waals surface area contributed by atoms with Gasteiger partial charge < -0.3 is 10.4 Å². The minimum Gasteiger partial charge on any atom is -0.393 e. The lowest BCUT2D eigenvalue weighted by Crippen LogP contribution is -2.35. The highest BCUT2D eigenvalue weighted by molar-refractivity contribution is 7.99. The highest BCUT2D eigenvalue weighted by Crippen LogP contribution is 2.23. The number of hydrogen-bond donors (Lipinski definition) is 2. The van der Waals surface area contributed by atoms with Crippen molar-refractivity contribution in [2.45, 2.75) is 58.5 Å². The van der Waals surface area contributed by atoms with Crippen molar-refractivity contribution in [3.05, 3.63) is 29.3 Å². The standard InChI is InChI=1S/C18H29NO2S/c1-13-6-7-16(10-14(13)2)22-9-8-17(21)19-12-18(4,5)11-15(3)20/h6-7,10,15,20H,8-9,11-12H2,1-5H3,(H,19,21). The average molecular weight is 324 g/mol. The number of carbonyl (C=O) groups excluding carboxylic acids is 1. The van der Waals surface area contributed by atoms with Crippen molar-refractivity contribution in [1.82, 2.24) is 5.32 Å². The number of carbonyl (C=O) groups is 1. The molecule has 1 rings (SSSR count). The van der Waals surface area contributed by atoms with E-state index in [-0.39, 0.29) is 17.4 Å². The summed E-state index contributed by atoms with van der Waals surface area (Å²) in [4.78, 5) is 13.1. The fourth-order valence-corrected chi connectivity index (χ4v) is 3.31. The first kappa shape index (κ1) is 19.0. The van der Waals surface area contributed by atoms with Gasteiger partial charge in [0.1, 0.15) is 0 Å². The van der Waals surface area contributed by atoms with Crippen LogP contribution in [0.5, 0.6) is 0 Å². The van der Waals surface area contributed by atoms with Gasteiger partial charge in [0, 0.05) is 23.6 Å². The van der Waals surface area contributed by atoms with E-state index in [1.165, 1.54) is 16.0 Å². The lowest BCUT2D eigenvalue weighted by Gasteiger charge is -2.26. The quantitative estimate of drug-likeness (QED) is 0.717. The van der Waals surface area contributed by atoms with E-state index in [0.29, 0.717) is 19.4 Å². The van der Waals surface area contributed by atoms with Crippen LogP contribution in [0, 0.1) is 19.3 Å². The van der Waals surface area contributed by atoms with E-state index >= 15 is 0 Å². The zero-order valence-corrected chi connectivity index (χ0v) is 15.2. The van der Waals surface area contributed by atoms with E-state index in [1.54, 1.807) is 18.7 Å². The molecule has 0 bridgehead atoms. The third-order valence-corrected chi connectivity index (χ3v) is 4.68. The summed E-state index contributed by atoms with van der Waals surface area (Å²) in [7, 11) is 0. The summed E-state index contributed by atoms with van der Waals surface area (Å²) in [6, 6.07) is 6.40. The molecule has 1 aromatic rings. The molecule has 0 fully saturated rings. The molecule has 0 aromatic heterocycles. The van der Waals surface area contributed by atoms with Crippen LogP contribution < -0.4 is 5.32 Å². The molecular weight excluding hydrogens is 294 g/mol. The van der Waals surface area contributed by atoms with Gasteiger partial charge in [-0.3, -0.25) is 4.79 Å². The van der Waals surface area contributed by atoms with Crippen molar-refractivity contribution >= 4 is 17.7 Å². The monoisotopic (exact) mass is 323 g/mol. The first-order valence-corrected chi connectivity index (χ1v) is 8.83. The van der Waals surface area contributed by atoms with E-state index in [2.05, 4.69) is 51.2 Å². The molecule has 0 aliphatic carbocycles. The average Bonchev–Trinajstić information content (AvgIpc) is 2.39. The second-order valence-corrected chi connectivity index (χ2v) is 8.01. The van der Waals surface area contributed by atoms with Crippen molar-refractivity contribution in [3.63, 3.8) is 0 Å². The summed E-state index contributed by atoms with van der Waals surface area (Å²) in [5.74, 6) is 0.862. The highest BCUT2D eigenvalue weighted by Gasteiger charge is 2.20. The predicted molar refractivity (Wildman–Crippen MR) is 94.3 cm³/mol. The first-order valence-electron chi connectivity index (χ1n) is 7.84. The fraction of sp³-hybridized carbons (Fsp3) is 0.611. The zero-order chi connectivity index (χ0) is 16.8. The molecule has 1 amide bonds. The Morgan fingerprint density at radius 3 is 2.59 bits per heavy atom. The van der Waals surface area contributed by atoms with Crippen LogP contribution in [-0.2, 0) is 4.79 Å². The van der Waals surface area contributed by atoms with Gasteiger partial charge in [0.05, 0.1) is 6.10 Å². The number of aliphatic hydroxyl groups is 1. The van der Waals surface area contributed by atoms with E-state index in [4.69, 9.17) is 0 Å². The predicted octanol–water partition coefficient (Wildman–Crippen LogP) is 3.70. The summed E-state index contributed by atoms with van der Waals surface area (Å²) in [5.41, 5.74) is 2.50. The minimum absolute atomic E-state index is 0.0783. The van der Waals surface area contributed by atoms with Crippen molar-refractivity contribution in [2.24, 2.45) is 5.41 Å². The number of hydrogen-bond acceptors (Lipinski definition) is 3. The molecular formula is C18H29NO2S. The summed E-state index contributed by atoms with van der Waals surface area (Å²) in [6.45, 7) is 10.7. The van der Waals surface area contributed by atoms with Crippen LogP contribution in [-0.4, -0.2) is 29.4 Å². The molecule has 22 heavy (non-hydrogen) atoms. The van der Waals surface area contributed by atoms with Gasteiger partial charge in [0.15, 0.2) is 0 Å². The number of aryl methyl sites for hydroxylation is 2. The van der Waals surface area contributed by atoms with Crippen LogP contribution in [0.1, 0.15) is 44.7 Å². The molecule has 0 spiro atoms. The number of benzene rings is 1. The Bertz CT molecular complexity index is 498. The van der Waals surface area contributed by atoms with Crippen LogP contribution in [0.3, 0.4) is 0 Å².